The summed E-state index contributed by atoms with van der Waals surface area (Å²) in [5.74, 6) is -0.825. The van der Waals surface area contributed by atoms with Crippen LogP contribution in [-0.2, 0) is 9.53 Å². The van der Waals surface area contributed by atoms with Crippen molar-refractivity contribution < 1.29 is 19.4 Å². The molecule has 0 saturated heterocycles. The summed E-state index contributed by atoms with van der Waals surface area (Å²) in [6.45, 7) is 2.43. The highest BCUT2D eigenvalue weighted by Crippen LogP contribution is 2.40. The van der Waals surface area contributed by atoms with E-state index in [0.717, 1.165) is 6.42 Å². The van der Waals surface area contributed by atoms with Gasteiger partial charge in [0, 0.05) is 20.2 Å². The number of amides is 2. The van der Waals surface area contributed by atoms with Gasteiger partial charge in [0.2, 0.25) is 0 Å². The van der Waals surface area contributed by atoms with Crippen LogP contribution in [0.15, 0.2) is 0 Å². The van der Waals surface area contributed by atoms with Crippen molar-refractivity contribution in [3.05, 3.63) is 0 Å². The molecule has 1 saturated carbocycles. The molecule has 0 spiro atoms. The number of carbonyl (C=O) groups excluding carboxylic acids is 1. The largest absolute Gasteiger partial charge is 0.481 e. The van der Waals surface area contributed by atoms with Crippen molar-refractivity contribution >= 4 is 12.0 Å². The van der Waals surface area contributed by atoms with E-state index in [1.165, 1.54) is 0 Å². The van der Waals surface area contributed by atoms with Crippen LogP contribution in [0.3, 0.4) is 0 Å². The normalized spacial score (nSPS) is 18.9. The van der Waals surface area contributed by atoms with E-state index < -0.39 is 11.4 Å². The van der Waals surface area contributed by atoms with Crippen molar-refractivity contribution in [1.29, 1.82) is 0 Å². The van der Waals surface area contributed by atoms with E-state index in [1.807, 2.05) is 6.92 Å². The number of carbonyl (C=O) groups is 2. The van der Waals surface area contributed by atoms with Crippen molar-refractivity contribution in [2.45, 2.75) is 32.3 Å². The highest BCUT2D eigenvalue weighted by atomic mass is 16.5. The fourth-order valence-electron chi connectivity index (χ4n) is 1.70. The van der Waals surface area contributed by atoms with Gasteiger partial charge in [-0.25, -0.2) is 4.79 Å². The van der Waals surface area contributed by atoms with Gasteiger partial charge in [-0.05, 0) is 19.8 Å². The standard InChI is InChI=1S/C11H20N2O4/c1-8(17-2)6-12-10(16)13-7-11(9(14)15)4-3-5-11/h8H,3-7H2,1-2H3,(H,14,15)(H2,12,13,16). The van der Waals surface area contributed by atoms with Gasteiger partial charge in [-0.1, -0.05) is 6.42 Å². The van der Waals surface area contributed by atoms with Crippen LogP contribution in [0.2, 0.25) is 0 Å². The first-order valence-electron chi connectivity index (χ1n) is 5.78. The Hall–Kier alpha value is -1.30. The third kappa shape index (κ3) is 3.59. The molecule has 6 nitrogen and oxygen atoms in total. The summed E-state index contributed by atoms with van der Waals surface area (Å²) < 4.78 is 4.98. The minimum atomic E-state index is -0.825. The quantitative estimate of drug-likeness (QED) is 0.637. The van der Waals surface area contributed by atoms with Crippen LogP contribution in [0, 0.1) is 5.41 Å². The maximum atomic E-state index is 11.4. The van der Waals surface area contributed by atoms with Crippen molar-refractivity contribution in [1.82, 2.24) is 10.6 Å². The summed E-state index contributed by atoms with van der Waals surface area (Å²) in [6, 6.07) is -0.346. The maximum absolute atomic E-state index is 11.4. The number of urea groups is 1. The minimum Gasteiger partial charge on any atom is -0.481 e. The predicted molar refractivity (Wildman–Crippen MR) is 61.8 cm³/mol. The highest BCUT2D eigenvalue weighted by Gasteiger charge is 2.44. The van der Waals surface area contributed by atoms with Crippen molar-refractivity contribution in [3.8, 4) is 0 Å². The van der Waals surface area contributed by atoms with Gasteiger partial charge in [-0.15, -0.1) is 0 Å². The first-order valence-corrected chi connectivity index (χ1v) is 5.78. The average Bonchev–Trinajstić information content (AvgIpc) is 2.23. The number of nitrogens with one attached hydrogen (secondary N) is 2. The summed E-state index contributed by atoms with van der Waals surface area (Å²) >= 11 is 0. The van der Waals surface area contributed by atoms with E-state index in [1.54, 1.807) is 7.11 Å². The van der Waals surface area contributed by atoms with Crippen LogP contribution in [0.25, 0.3) is 0 Å². The maximum Gasteiger partial charge on any atom is 0.314 e. The molecule has 0 bridgehead atoms. The summed E-state index contributed by atoms with van der Waals surface area (Å²) in [6.07, 6.45) is 2.13. The Morgan fingerprint density at radius 3 is 2.47 bits per heavy atom. The Kier molecular flexibility index (Phi) is 4.74. The van der Waals surface area contributed by atoms with E-state index >= 15 is 0 Å². The summed E-state index contributed by atoms with van der Waals surface area (Å²) in [5, 5.41) is 14.3. The summed E-state index contributed by atoms with van der Waals surface area (Å²) in [7, 11) is 1.57. The number of rotatable bonds is 6. The van der Waals surface area contributed by atoms with Crippen LogP contribution in [0.5, 0.6) is 0 Å². The molecule has 1 rings (SSSR count). The number of hydrogen-bond donors (Lipinski definition) is 3. The van der Waals surface area contributed by atoms with Crippen LogP contribution in [-0.4, -0.2) is 43.4 Å². The SMILES string of the molecule is COC(C)CNC(=O)NCC1(C(=O)O)CCC1. The molecule has 17 heavy (non-hydrogen) atoms. The lowest BCUT2D eigenvalue weighted by Gasteiger charge is -2.37. The van der Waals surface area contributed by atoms with Crippen molar-refractivity contribution in [2.75, 3.05) is 20.2 Å². The molecule has 0 heterocycles. The highest BCUT2D eigenvalue weighted by molar-refractivity contribution is 5.78. The molecular weight excluding hydrogens is 224 g/mol. The molecular formula is C11H20N2O4. The monoisotopic (exact) mass is 244 g/mol. The average molecular weight is 244 g/mol. The molecule has 98 valence electrons. The topological polar surface area (TPSA) is 87.7 Å². The van der Waals surface area contributed by atoms with E-state index in [0.29, 0.717) is 19.4 Å². The van der Waals surface area contributed by atoms with Crippen molar-refractivity contribution in [2.24, 2.45) is 5.41 Å². The Morgan fingerprint density at radius 1 is 1.41 bits per heavy atom. The molecule has 1 aliphatic carbocycles. The summed E-state index contributed by atoms with van der Waals surface area (Å²) in [5.41, 5.74) is -0.746. The molecule has 0 radical (unpaired) electrons. The van der Waals surface area contributed by atoms with Gasteiger partial charge in [-0.2, -0.15) is 0 Å². The van der Waals surface area contributed by atoms with Crippen molar-refractivity contribution in [3.63, 3.8) is 0 Å². The molecule has 6 heteroatoms. The Labute approximate surface area is 101 Å². The molecule has 0 aliphatic heterocycles. The number of ether oxygens (including phenoxy) is 1. The third-order valence-corrected chi connectivity index (χ3v) is 3.30. The van der Waals surface area contributed by atoms with Gasteiger partial charge >= 0.3 is 12.0 Å². The number of carboxylic acid groups (broad SMARTS) is 1. The van der Waals surface area contributed by atoms with Crippen LogP contribution in [0.4, 0.5) is 4.79 Å². The lowest BCUT2D eigenvalue weighted by molar-refractivity contribution is -0.153. The van der Waals surface area contributed by atoms with E-state index in [9.17, 15) is 9.59 Å². The predicted octanol–water partition coefficient (Wildman–Crippen LogP) is 0.575. The molecule has 0 aromatic carbocycles. The fourth-order valence-corrected chi connectivity index (χ4v) is 1.70. The lowest BCUT2D eigenvalue weighted by Crippen LogP contribution is -2.50. The van der Waals surface area contributed by atoms with E-state index in [-0.39, 0.29) is 18.7 Å². The van der Waals surface area contributed by atoms with E-state index in [4.69, 9.17) is 9.84 Å². The molecule has 1 atom stereocenters. The molecule has 2 amide bonds. The Bertz CT molecular complexity index is 289. The Balaban J connectivity index is 2.25. The minimum absolute atomic E-state index is 0.0575. The number of hydrogen-bond acceptors (Lipinski definition) is 3. The van der Waals surface area contributed by atoms with Crippen LogP contribution < -0.4 is 10.6 Å². The first-order chi connectivity index (χ1) is 8.00. The van der Waals surface area contributed by atoms with Crippen LogP contribution >= 0.6 is 0 Å². The zero-order valence-electron chi connectivity index (χ0n) is 10.3. The molecule has 0 aromatic heterocycles. The van der Waals surface area contributed by atoms with Gasteiger partial charge in [0.1, 0.15) is 0 Å². The number of carboxylic acids is 1. The molecule has 1 aliphatic rings. The molecule has 1 fully saturated rings. The van der Waals surface area contributed by atoms with Gasteiger partial charge in [0.05, 0.1) is 11.5 Å². The van der Waals surface area contributed by atoms with Crippen LogP contribution in [0.1, 0.15) is 26.2 Å². The third-order valence-electron chi connectivity index (χ3n) is 3.30. The summed E-state index contributed by atoms with van der Waals surface area (Å²) in [4.78, 5) is 22.4. The zero-order valence-corrected chi connectivity index (χ0v) is 10.3. The number of methoxy groups -OCH3 is 1. The molecule has 3 N–H and O–H groups in total. The second-order valence-electron chi connectivity index (χ2n) is 4.55. The van der Waals surface area contributed by atoms with Gasteiger partial charge in [-0.3, -0.25) is 4.79 Å². The zero-order chi connectivity index (χ0) is 12.9. The lowest BCUT2D eigenvalue weighted by atomic mass is 9.69. The second kappa shape index (κ2) is 5.86. The smallest absolute Gasteiger partial charge is 0.314 e. The first kappa shape index (κ1) is 13.8. The fraction of sp³-hybridized carbons (Fsp3) is 0.818. The molecule has 1 unspecified atom stereocenters. The van der Waals surface area contributed by atoms with Gasteiger partial charge in [0.25, 0.3) is 0 Å². The second-order valence-corrected chi connectivity index (χ2v) is 4.55. The van der Waals surface area contributed by atoms with Gasteiger partial charge < -0.3 is 20.5 Å². The van der Waals surface area contributed by atoms with E-state index in [2.05, 4.69) is 10.6 Å². The molecule has 0 aromatic rings. The number of aliphatic carboxylic acids is 1. The Morgan fingerprint density at radius 2 is 2.06 bits per heavy atom. The van der Waals surface area contributed by atoms with Gasteiger partial charge in [0.15, 0.2) is 0 Å².